The molecule has 128 valence electrons. The van der Waals surface area contributed by atoms with Crippen molar-refractivity contribution in [3.63, 3.8) is 0 Å². The predicted molar refractivity (Wildman–Crippen MR) is 86.7 cm³/mol. The minimum Gasteiger partial charge on any atom is -0.394 e. The van der Waals surface area contributed by atoms with Crippen molar-refractivity contribution in [2.45, 2.75) is 71.3 Å². The third-order valence-electron chi connectivity index (χ3n) is 3.45. The van der Waals surface area contributed by atoms with Crippen LogP contribution in [0.15, 0.2) is 0 Å². The standard InChI is InChI=1S/C17H36O4/c1-3-5-7-8-10-17(9-6-4-2)21-16-15-20-14-13-19-12-11-18/h17-18H,3-16H2,1-2H3. The fraction of sp³-hybridized carbons (Fsp3) is 1.00. The lowest BCUT2D eigenvalue weighted by molar-refractivity contribution is -0.0198. The molecule has 0 radical (unpaired) electrons. The van der Waals surface area contributed by atoms with Crippen LogP contribution >= 0.6 is 0 Å². The summed E-state index contributed by atoms with van der Waals surface area (Å²) in [6.45, 7) is 7.33. The first kappa shape index (κ1) is 20.8. The van der Waals surface area contributed by atoms with Crippen molar-refractivity contribution >= 4 is 0 Å². The molecule has 1 N–H and O–H groups in total. The van der Waals surface area contributed by atoms with Gasteiger partial charge in [-0.25, -0.2) is 0 Å². The van der Waals surface area contributed by atoms with Crippen molar-refractivity contribution in [3.8, 4) is 0 Å². The van der Waals surface area contributed by atoms with Crippen LogP contribution in [0.25, 0.3) is 0 Å². The van der Waals surface area contributed by atoms with Crippen molar-refractivity contribution in [2.24, 2.45) is 0 Å². The summed E-state index contributed by atoms with van der Waals surface area (Å²) in [7, 11) is 0. The Bertz CT molecular complexity index is 188. The number of ether oxygens (including phenoxy) is 3. The third kappa shape index (κ3) is 16.0. The molecule has 0 aromatic heterocycles. The highest BCUT2D eigenvalue weighted by atomic mass is 16.5. The summed E-state index contributed by atoms with van der Waals surface area (Å²) in [6.07, 6.45) is 10.4. The van der Waals surface area contributed by atoms with Crippen LogP contribution in [0.3, 0.4) is 0 Å². The Kier molecular flexibility index (Phi) is 17.8. The fourth-order valence-corrected chi connectivity index (χ4v) is 2.20. The zero-order valence-electron chi connectivity index (χ0n) is 14.1. The van der Waals surface area contributed by atoms with Crippen molar-refractivity contribution in [3.05, 3.63) is 0 Å². The van der Waals surface area contributed by atoms with Crippen molar-refractivity contribution < 1.29 is 19.3 Å². The molecule has 0 aliphatic heterocycles. The molecule has 21 heavy (non-hydrogen) atoms. The first-order valence-corrected chi connectivity index (χ1v) is 8.73. The molecule has 4 heteroatoms. The molecule has 0 saturated carbocycles. The second-order valence-corrected chi connectivity index (χ2v) is 5.43. The van der Waals surface area contributed by atoms with Gasteiger partial charge in [0.15, 0.2) is 0 Å². The average Bonchev–Trinajstić information content (AvgIpc) is 2.50. The van der Waals surface area contributed by atoms with E-state index in [1.165, 1.54) is 51.4 Å². The Morgan fingerprint density at radius 3 is 2.00 bits per heavy atom. The summed E-state index contributed by atoms with van der Waals surface area (Å²) >= 11 is 0. The van der Waals surface area contributed by atoms with Crippen LogP contribution in [0.1, 0.15) is 65.2 Å². The first-order chi connectivity index (χ1) is 10.3. The summed E-state index contributed by atoms with van der Waals surface area (Å²) in [6, 6.07) is 0. The third-order valence-corrected chi connectivity index (χ3v) is 3.45. The summed E-state index contributed by atoms with van der Waals surface area (Å²) in [4.78, 5) is 0. The maximum Gasteiger partial charge on any atom is 0.0704 e. The van der Waals surface area contributed by atoms with E-state index in [4.69, 9.17) is 19.3 Å². The summed E-state index contributed by atoms with van der Waals surface area (Å²) < 4.78 is 16.5. The zero-order chi connectivity index (χ0) is 15.6. The van der Waals surface area contributed by atoms with E-state index in [1.54, 1.807) is 0 Å². The van der Waals surface area contributed by atoms with Gasteiger partial charge in [-0.05, 0) is 12.8 Å². The number of hydrogen-bond acceptors (Lipinski definition) is 4. The van der Waals surface area contributed by atoms with Crippen LogP contribution in [-0.2, 0) is 14.2 Å². The van der Waals surface area contributed by atoms with E-state index in [1.807, 2.05) is 0 Å². The number of hydrogen-bond donors (Lipinski definition) is 1. The molecule has 0 heterocycles. The minimum atomic E-state index is 0.0697. The highest BCUT2D eigenvalue weighted by molar-refractivity contribution is 4.59. The largest absolute Gasteiger partial charge is 0.394 e. The minimum absolute atomic E-state index is 0.0697. The van der Waals surface area contributed by atoms with Gasteiger partial charge < -0.3 is 19.3 Å². The van der Waals surface area contributed by atoms with Crippen molar-refractivity contribution in [2.75, 3.05) is 39.6 Å². The van der Waals surface area contributed by atoms with E-state index in [0.717, 1.165) is 0 Å². The quantitative estimate of drug-likeness (QED) is 0.417. The highest BCUT2D eigenvalue weighted by Gasteiger charge is 2.08. The highest BCUT2D eigenvalue weighted by Crippen LogP contribution is 2.14. The molecule has 0 bridgehead atoms. The van der Waals surface area contributed by atoms with Crippen LogP contribution in [-0.4, -0.2) is 50.9 Å². The van der Waals surface area contributed by atoms with Crippen LogP contribution in [0.4, 0.5) is 0 Å². The molecule has 0 spiro atoms. The summed E-state index contributed by atoms with van der Waals surface area (Å²) in [5.74, 6) is 0. The van der Waals surface area contributed by atoms with Gasteiger partial charge in [0.25, 0.3) is 0 Å². The SMILES string of the molecule is CCCCCCC(CCCC)OCCOCCOCCO. The van der Waals surface area contributed by atoms with Gasteiger partial charge >= 0.3 is 0 Å². The molecule has 0 aromatic rings. The Morgan fingerprint density at radius 2 is 1.33 bits per heavy atom. The Morgan fingerprint density at radius 1 is 0.714 bits per heavy atom. The van der Waals surface area contributed by atoms with Crippen molar-refractivity contribution in [1.29, 1.82) is 0 Å². The summed E-state index contributed by atoms with van der Waals surface area (Å²) in [5, 5.41) is 8.56. The Labute approximate surface area is 131 Å². The molecule has 4 nitrogen and oxygen atoms in total. The van der Waals surface area contributed by atoms with E-state index in [9.17, 15) is 0 Å². The lowest BCUT2D eigenvalue weighted by Gasteiger charge is -2.17. The second kappa shape index (κ2) is 17.9. The zero-order valence-corrected chi connectivity index (χ0v) is 14.1. The summed E-state index contributed by atoms with van der Waals surface area (Å²) in [5.41, 5.74) is 0. The Balaban J connectivity index is 3.51. The monoisotopic (exact) mass is 304 g/mol. The van der Waals surface area contributed by atoms with Gasteiger partial charge in [0.2, 0.25) is 0 Å². The molecular formula is C17H36O4. The van der Waals surface area contributed by atoms with E-state index in [2.05, 4.69) is 13.8 Å². The lowest BCUT2D eigenvalue weighted by Crippen LogP contribution is -2.17. The smallest absolute Gasteiger partial charge is 0.0704 e. The van der Waals surface area contributed by atoms with E-state index >= 15 is 0 Å². The van der Waals surface area contributed by atoms with Crippen LogP contribution < -0.4 is 0 Å². The van der Waals surface area contributed by atoms with Crippen molar-refractivity contribution in [1.82, 2.24) is 0 Å². The normalized spacial score (nSPS) is 12.7. The molecule has 0 aromatic carbocycles. The molecule has 0 aliphatic rings. The van der Waals surface area contributed by atoms with Crippen LogP contribution in [0.5, 0.6) is 0 Å². The molecule has 0 rings (SSSR count). The molecular weight excluding hydrogens is 268 g/mol. The van der Waals surface area contributed by atoms with Gasteiger partial charge in [-0.15, -0.1) is 0 Å². The average molecular weight is 304 g/mol. The molecule has 1 unspecified atom stereocenters. The lowest BCUT2D eigenvalue weighted by atomic mass is 10.0. The van der Waals surface area contributed by atoms with Gasteiger partial charge in [0.1, 0.15) is 0 Å². The number of aliphatic hydroxyl groups excluding tert-OH is 1. The van der Waals surface area contributed by atoms with Gasteiger partial charge in [-0.2, -0.15) is 0 Å². The number of aliphatic hydroxyl groups is 1. The topological polar surface area (TPSA) is 47.9 Å². The molecule has 1 atom stereocenters. The van der Waals surface area contributed by atoms with Gasteiger partial charge in [-0.1, -0.05) is 52.4 Å². The van der Waals surface area contributed by atoms with E-state index < -0.39 is 0 Å². The maximum absolute atomic E-state index is 8.56. The Hall–Kier alpha value is -0.160. The maximum atomic E-state index is 8.56. The predicted octanol–water partition coefficient (Wildman–Crippen LogP) is 3.56. The second-order valence-electron chi connectivity index (χ2n) is 5.43. The number of rotatable bonds is 17. The van der Waals surface area contributed by atoms with E-state index in [-0.39, 0.29) is 6.61 Å². The van der Waals surface area contributed by atoms with E-state index in [0.29, 0.717) is 39.1 Å². The van der Waals surface area contributed by atoms with Gasteiger partial charge in [-0.3, -0.25) is 0 Å². The van der Waals surface area contributed by atoms with Crippen LogP contribution in [0.2, 0.25) is 0 Å². The van der Waals surface area contributed by atoms with Crippen LogP contribution in [0, 0.1) is 0 Å². The first-order valence-electron chi connectivity index (χ1n) is 8.73. The molecule has 0 amide bonds. The molecule has 0 aliphatic carbocycles. The fourth-order valence-electron chi connectivity index (χ4n) is 2.20. The molecule has 0 fully saturated rings. The number of unbranched alkanes of at least 4 members (excludes halogenated alkanes) is 4. The van der Waals surface area contributed by atoms with Gasteiger partial charge in [0, 0.05) is 0 Å². The van der Waals surface area contributed by atoms with Gasteiger partial charge in [0.05, 0.1) is 45.7 Å². The molecule has 0 saturated heterocycles.